The molecule has 1 aromatic carbocycles. The van der Waals surface area contributed by atoms with Crippen LogP contribution < -0.4 is 5.32 Å². The van der Waals surface area contributed by atoms with Gasteiger partial charge in [0.05, 0.1) is 25.0 Å². The number of fused-ring (bicyclic) bond motifs is 1. The van der Waals surface area contributed by atoms with Crippen LogP contribution in [-0.4, -0.2) is 52.4 Å². The van der Waals surface area contributed by atoms with Gasteiger partial charge in [-0.25, -0.2) is 9.48 Å². The van der Waals surface area contributed by atoms with Crippen molar-refractivity contribution in [2.75, 3.05) is 31.0 Å². The summed E-state index contributed by atoms with van der Waals surface area (Å²) >= 11 is 2.82. The fourth-order valence-corrected chi connectivity index (χ4v) is 4.01. The van der Waals surface area contributed by atoms with E-state index in [0.717, 1.165) is 10.5 Å². The normalized spacial score (nSPS) is 15.5. The molecule has 1 aromatic heterocycles. The highest BCUT2D eigenvalue weighted by atomic mass is 32.2. The zero-order chi connectivity index (χ0) is 21.0. The Labute approximate surface area is 177 Å². The number of aromatic nitrogens is 3. The largest absolute Gasteiger partial charge is 0.468 e. The van der Waals surface area contributed by atoms with Gasteiger partial charge in [0.15, 0.2) is 0 Å². The molecule has 1 aliphatic rings. The Bertz CT molecular complexity index is 940. The lowest BCUT2D eigenvalue weighted by Gasteiger charge is -2.28. The standard InChI is InChI=1S/C19H22N4O4S2/c1-5-27-17(25)15-11(2)20-18-21-19(29-10-14(24)26-3)22-23(18)16(15)12-6-8-13(28-4)9-7-12/h6-9,16H,5,10H2,1-4H3,(H,20,21,22)/t16-/m0/s1. The molecule has 0 unspecified atom stereocenters. The molecule has 0 bridgehead atoms. The van der Waals surface area contributed by atoms with E-state index in [9.17, 15) is 9.59 Å². The van der Waals surface area contributed by atoms with Gasteiger partial charge in [0, 0.05) is 10.6 Å². The van der Waals surface area contributed by atoms with Crippen LogP contribution in [0.25, 0.3) is 0 Å². The predicted octanol–water partition coefficient (Wildman–Crippen LogP) is 3.12. The van der Waals surface area contributed by atoms with Crippen LogP contribution in [0, 0.1) is 0 Å². The molecule has 0 spiro atoms. The maximum atomic E-state index is 12.7. The Morgan fingerprint density at radius 3 is 2.62 bits per heavy atom. The number of rotatable bonds is 7. The Hall–Kier alpha value is -2.46. The van der Waals surface area contributed by atoms with Crippen LogP contribution in [0.1, 0.15) is 25.5 Å². The van der Waals surface area contributed by atoms with Gasteiger partial charge in [0.25, 0.3) is 0 Å². The maximum Gasteiger partial charge on any atom is 0.338 e. The van der Waals surface area contributed by atoms with Crippen LogP contribution in [0.4, 0.5) is 5.95 Å². The fraction of sp³-hybridized carbons (Fsp3) is 0.368. The third kappa shape index (κ3) is 4.59. The number of benzene rings is 1. The van der Waals surface area contributed by atoms with E-state index in [-0.39, 0.29) is 18.3 Å². The van der Waals surface area contributed by atoms with E-state index >= 15 is 0 Å². The Morgan fingerprint density at radius 1 is 1.28 bits per heavy atom. The van der Waals surface area contributed by atoms with Crippen molar-refractivity contribution in [3.05, 3.63) is 41.1 Å². The minimum Gasteiger partial charge on any atom is -0.468 e. The van der Waals surface area contributed by atoms with Gasteiger partial charge in [0.2, 0.25) is 11.1 Å². The number of thioether (sulfide) groups is 2. The van der Waals surface area contributed by atoms with Crippen molar-refractivity contribution in [2.45, 2.75) is 29.9 Å². The second-order valence-corrected chi connectivity index (χ2v) is 7.91. The van der Waals surface area contributed by atoms with Crippen molar-refractivity contribution >= 4 is 41.4 Å². The van der Waals surface area contributed by atoms with Crippen molar-refractivity contribution in [3.63, 3.8) is 0 Å². The van der Waals surface area contributed by atoms with E-state index in [0.29, 0.717) is 22.4 Å². The smallest absolute Gasteiger partial charge is 0.338 e. The van der Waals surface area contributed by atoms with Gasteiger partial charge in [-0.3, -0.25) is 4.79 Å². The molecule has 1 aliphatic heterocycles. The lowest BCUT2D eigenvalue weighted by Crippen LogP contribution is -2.29. The number of esters is 2. The van der Waals surface area contributed by atoms with E-state index in [2.05, 4.69) is 20.1 Å². The van der Waals surface area contributed by atoms with Crippen molar-refractivity contribution in [1.82, 2.24) is 14.8 Å². The molecule has 10 heteroatoms. The van der Waals surface area contributed by atoms with Crippen LogP contribution in [-0.2, 0) is 19.1 Å². The third-order valence-electron chi connectivity index (χ3n) is 4.31. The van der Waals surface area contributed by atoms with E-state index in [1.54, 1.807) is 23.4 Å². The summed E-state index contributed by atoms with van der Waals surface area (Å²) in [6.45, 7) is 3.86. The predicted molar refractivity (Wildman–Crippen MR) is 112 cm³/mol. The van der Waals surface area contributed by atoms with Gasteiger partial charge in [-0.2, -0.15) is 4.98 Å². The van der Waals surface area contributed by atoms with E-state index in [1.807, 2.05) is 37.4 Å². The van der Waals surface area contributed by atoms with Crippen molar-refractivity contribution < 1.29 is 19.1 Å². The summed E-state index contributed by atoms with van der Waals surface area (Å²) in [7, 11) is 1.34. The number of ether oxygens (including phenoxy) is 2. The SMILES string of the molecule is CCOC(=O)C1=C(C)Nc2nc(SCC(=O)OC)nn2[C@H]1c1ccc(SC)cc1. The number of carbonyl (C=O) groups is 2. The summed E-state index contributed by atoms with van der Waals surface area (Å²) in [5.41, 5.74) is 2.03. The second kappa shape index (κ2) is 9.36. The summed E-state index contributed by atoms with van der Waals surface area (Å²) < 4.78 is 11.6. The van der Waals surface area contributed by atoms with Gasteiger partial charge in [-0.15, -0.1) is 16.9 Å². The molecule has 0 aliphatic carbocycles. The molecule has 2 heterocycles. The first kappa shape index (κ1) is 21.3. The number of allylic oxidation sites excluding steroid dienone is 1. The van der Waals surface area contributed by atoms with Gasteiger partial charge in [-0.1, -0.05) is 23.9 Å². The van der Waals surface area contributed by atoms with Gasteiger partial charge in [0.1, 0.15) is 6.04 Å². The number of hydrogen-bond acceptors (Lipinski definition) is 9. The minimum atomic E-state index is -0.485. The Balaban J connectivity index is 2.02. The number of methoxy groups -OCH3 is 1. The minimum absolute atomic E-state index is 0.101. The van der Waals surface area contributed by atoms with Crippen LogP contribution in [0.15, 0.2) is 45.6 Å². The number of anilines is 1. The first-order chi connectivity index (χ1) is 14.0. The summed E-state index contributed by atoms with van der Waals surface area (Å²) in [6.07, 6.45) is 2.01. The molecule has 8 nitrogen and oxygen atoms in total. The van der Waals surface area contributed by atoms with Crippen molar-refractivity contribution in [1.29, 1.82) is 0 Å². The zero-order valence-electron chi connectivity index (χ0n) is 16.6. The van der Waals surface area contributed by atoms with Gasteiger partial charge < -0.3 is 14.8 Å². The summed E-state index contributed by atoms with van der Waals surface area (Å²) in [4.78, 5) is 29.8. The van der Waals surface area contributed by atoms with Crippen LogP contribution >= 0.6 is 23.5 Å². The topological polar surface area (TPSA) is 95.3 Å². The quantitative estimate of drug-likeness (QED) is 0.521. The number of hydrogen-bond donors (Lipinski definition) is 1. The molecule has 0 fully saturated rings. The van der Waals surface area contributed by atoms with Crippen LogP contribution in [0.5, 0.6) is 0 Å². The first-order valence-electron chi connectivity index (χ1n) is 8.93. The van der Waals surface area contributed by atoms with Crippen molar-refractivity contribution in [3.8, 4) is 0 Å². The number of nitrogens with one attached hydrogen (secondary N) is 1. The summed E-state index contributed by atoms with van der Waals surface area (Å²) in [5, 5.41) is 8.08. The number of carbonyl (C=O) groups excluding carboxylic acids is 2. The molecule has 0 radical (unpaired) electrons. The Morgan fingerprint density at radius 2 is 2.00 bits per heavy atom. The molecule has 2 aromatic rings. The first-order valence-corrected chi connectivity index (χ1v) is 11.1. The number of nitrogens with zero attached hydrogens (tertiary/aromatic N) is 3. The van der Waals surface area contributed by atoms with Gasteiger partial charge >= 0.3 is 11.9 Å². The van der Waals surface area contributed by atoms with E-state index < -0.39 is 12.0 Å². The monoisotopic (exact) mass is 434 g/mol. The fourth-order valence-electron chi connectivity index (χ4n) is 2.94. The molecular formula is C19H22N4O4S2. The molecule has 3 rings (SSSR count). The molecular weight excluding hydrogens is 412 g/mol. The summed E-state index contributed by atoms with van der Waals surface area (Å²) in [6, 6.07) is 7.47. The average Bonchev–Trinajstić information content (AvgIpc) is 3.13. The molecule has 154 valence electrons. The lowest BCUT2D eigenvalue weighted by atomic mass is 9.96. The summed E-state index contributed by atoms with van der Waals surface area (Å²) in [5.74, 6) is -0.158. The Kier molecular flexibility index (Phi) is 6.86. The lowest BCUT2D eigenvalue weighted by molar-refractivity contribution is -0.139. The zero-order valence-corrected chi connectivity index (χ0v) is 18.2. The highest BCUT2D eigenvalue weighted by Crippen LogP contribution is 2.37. The molecule has 0 saturated heterocycles. The highest BCUT2D eigenvalue weighted by molar-refractivity contribution is 7.99. The van der Waals surface area contributed by atoms with E-state index in [1.165, 1.54) is 18.9 Å². The molecule has 29 heavy (non-hydrogen) atoms. The van der Waals surface area contributed by atoms with Crippen molar-refractivity contribution in [2.24, 2.45) is 0 Å². The van der Waals surface area contributed by atoms with Gasteiger partial charge in [-0.05, 0) is 37.8 Å². The third-order valence-corrected chi connectivity index (χ3v) is 5.86. The molecule has 1 atom stereocenters. The van der Waals surface area contributed by atoms with Crippen LogP contribution in [0.2, 0.25) is 0 Å². The average molecular weight is 435 g/mol. The van der Waals surface area contributed by atoms with E-state index in [4.69, 9.17) is 4.74 Å². The second-order valence-electron chi connectivity index (χ2n) is 6.09. The molecule has 0 saturated carbocycles. The van der Waals surface area contributed by atoms with Crippen LogP contribution in [0.3, 0.4) is 0 Å². The maximum absolute atomic E-state index is 12.7. The molecule has 0 amide bonds. The molecule has 1 N–H and O–H groups in total. The highest BCUT2D eigenvalue weighted by Gasteiger charge is 2.35.